The maximum absolute atomic E-state index is 10.1. The lowest BCUT2D eigenvalue weighted by Gasteiger charge is -2.14. The zero-order valence-corrected chi connectivity index (χ0v) is 14.2. The summed E-state index contributed by atoms with van der Waals surface area (Å²) < 4.78 is 5.70. The molecule has 0 saturated carbocycles. The van der Waals surface area contributed by atoms with Gasteiger partial charge in [-0.15, -0.1) is 0 Å². The number of nitrogens with one attached hydrogen (secondary N) is 1. The molecule has 0 fully saturated rings. The molecule has 0 unspecified atom stereocenters. The predicted molar refractivity (Wildman–Crippen MR) is 103 cm³/mol. The van der Waals surface area contributed by atoms with E-state index in [0.29, 0.717) is 6.54 Å². The van der Waals surface area contributed by atoms with Crippen LogP contribution >= 0.6 is 0 Å². The van der Waals surface area contributed by atoms with Crippen molar-refractivity contribution in [3.63, 3.8) is 0 Å². The molecule has 4 heteroatoms. The molecule has 0 aliphatic heterocycles. The quantitative estimate of drug-likeness (QED) is 0.437. The van der Waals surface area contributed by atoms with Crippen LogP contribution in [0.4, 0.5) is 5.69 Å². The van der Waals surface area contributed by atoms with Gasteiger partial charge in [-0.1, -0.05) is 42.5 Å². The highest BCUT2D eigenvalue weighted by atomic mass is 16.5. The molecule has 3 aromatic carbocycles. The molecule has 0 aliphatic carbocycles. The zero-order chi connectivity index (χ0) is 17.5. The van der Waals surface area contributed by atoms with Gasteiger partial charge in [0, 0.05) is 12.2 Å². The highest BCUT2D eigenvalue weighted by Crippen LogP contribution is 2.20. The second-order valence-electron chi connectivity index (χ2n) is 6.17. The van der Waals surface area contributed by atoms with Crippen molar-refractivity contribution in [3.8, 4) is 5.75 Å². The normalized spacial score (nSPS) is 12.2. The maximum Gasteiger partial charge on any atom is 0.120 e. The van der Waals surface area contributed by atoms with Crippen molar-refractivity contribution in [1.29, 1.82) is 0 Å². The van der Waals surface area contributed by atoms with Crippen molar-refractivity contribution in [2.24, 2.45) is 0 Å². The third-order valence-electron chi connectivity index (χ3n) is 4.11. The number of anilines is 1. The fourth-order valence-electron chi connectivity index (χ4n) is 2.69. The van der Waals surface area contributed by atoms with E-state index < -0.39 is 6.10 Å². The molecule has 0 amide bonds. The molecule has 0 saturated heterocycles. The monoisotopic (exact) mass is 336 g/mol. The molecule has 0 bridgehead atoms. The van der Waals surface area contributed by atoms with E-state index in [1.807, 2.05) is 54.6 Å². The molecule has 4 N–H and O–H groups in total. The molecule has 0 heterocycles. The summed E-state index contributed by atoms with van der Waals surface area (Å²) in [6.45, 7) is 1.58. The summed E-state index contributed by atoms with van der Waals surface area (Å²) in [4.78, 5) is 0. The molecular formula is C21H24N2O2. The van der Waals surface area contributed by atoms with Crippen molar-refractivity contribution in [1.82, 2.24) is 5.32 Å². The molecule has 25 heavy (non-hydrogen) atoms. The molecule has 3 rings (SSSR count). The SMILES string of the molecule is Nc1ccc(CCNC[C@H](O)COc2ccc3ccccc3c2)cc1. The van der Waals surface area contributed by atoms with E-state index in [1.165, 1.54) is 10.9 Å². The van der Waals surface area contributed by atoms with Gasteiger partial charge in [0.25, 0.3) is 0 Å². The number of aliphatic hydroxyl groups excluding tert-OH is 1. The minimum absolute atomic E-state index is 0.271. The average molecular weight is 336 g/mol. The van der Waals surface area contributed by atoms with Crippen LogP contribution in [0, 0.1) is 0 Å². The summed E-state index contributed by atoms with van der Waals surface area (Å²) in [5.74, 6) is 0.777. The van der Waals surface area contributed by atoms with E-state index in [-0.39, 0.29) is 6.61 Å². The lowest BCUT2D eigenvalue weighted by Crippen LogP contribution is -2.32. The van der Waals surface area contributed by atoms with Crippen molar-refractivity contribution < 1.29 is 9.84 Å². The van der Waals surface area contributed by atoms with Gasteiger partial charge < -0.3 is 20.9 Å². The van der Waals surface area contributed by atoms with E-state index in [2.05, 4.69) is 17.4 Å². The van der Waals surface area contributed by atoms with Crippen LogP contribution < -0.4 is 15.8 Å². The number of ether oxygens (including phenoxy) is 1. The van der Waals surface area contributed by atoms with Gasteiger partial charge in [0.2, 0.25) is 0 Å². The molecule has 0 radical (unpaired) electrons. The lowest BCUT2D eigenvalue weighted by molar-refractivity contribution is 0.107. The number of hydrogen-bond donors (Lipinski definition) is 3. The Bertz CT molecular complexity index is 802. The van der Waals surface area contributed by atoms with Gasteiger partial charge in [0.15, 0.2) is 0 Å². The molecule has 3 aromatic rings. The minimum atomic E-state index is -0.544. The van der Waals surface area contributed by atoms with Crippen LogP contribution in [0.3, 0.4) is 0 Å². The fraction of sp³-hybridized carbons (Fsp3) is 0.238. The molecule has 130 valence electrons. The summed E-state index contributed by atoms with van der Waals surface area (Å²) in [6.07, 6.45) is 0.358. The molecule has 0 aliphatic rings. The zero-order valence-electron chi connectivity index (χ0n) is 14.2. The number of nitrogen functional groups attached to an aromatic ring is 1. The molecule has 0 spiro atoms. The Morgan fingerprint density at radius 2 is 1.72 bits per heavy atom. The Morgan fingerprint density at radius 1 is 0.960 bits per heavy atom. The van der Waals surface area contributed by atoms with E-state index >= 15 is 0 Å². The van der Waals surface area contributed by atoms with Gasteiger partial charge in [0.1, 0.15) is 18.5 Å². The first-order valence-electron chi connectivity index (χ1n) is 8.55. The van der Waals surface area contributed by atoms with Crippen LogP contribution in [-0.4, -0.2) is 30.9 Å². The van der Waals surface area contributed by atoms with Gasteiger partial charge in [-0.25, -0.2) is 0 Å². The summed E-state index contributed by atoms with van der Waals surface area (Å²) in [5.41, 5.74) is 7.67. The number of nitrogens with two attached hydrogens (primary N) is 1. The van der Waals surface area contributed by atoms with E-state index in [0.717, 1.165) is 29.8 Å². The lowest BCUT2D eigenvalue weighted by atomic mass is 10.1. The van der Waals surface area contributed by atoms with Gasteiger partial charge in [-0.2, -0.15) is 0 Å². The highest BCUT2D eigenvalue weighted by molar-refractivity contribution is 5.83. The molecule has 4 nitrogen and oxygen atoms in total. The molecular weight excluding hydrogens is 312 g/mol. The first-order chi connectivity index (χ1) is 12.2. The Kier molecular flexibility index (Phi) is 5.88. The second kappa shape index (κ2) is 8.51. The van der Waals surface area contributed by atoms with E-state index in [9.17, 15) is 5.11 Å². The number of benzene rings is 3. The average Bonchev–Trinajstić information content (AvgIpc) is 2.65. The van der Waals surface area contributed by atoms with Crippen molar-refractivity contribution in [2.45, 2.75) is 12.5 Å². The number of aliphatic hydroxyl groups is 1. The standard InChI is InChI=1S/C21H24N2O2/c22-19-8-5-16(6-9-19)11-12-23-14-20(24)15-25-21-10-7-17-3-1-2-4-18(17)13-21/h1-10,13,20,23-24H,11-12,14-15,22H2/t20-/m0/s1. The molecule has 1 atom stereocenters. The molecule has 0 aromatic heterocycles. The van der Waals surface area contributed by atoms with Crippen molar-refractivity contribution >= 4 is 16.5 Å². The summed E-state index contributed by atoms with van der Waals surface area (Å²) in [7, 11) is 0. The Hall–Kier alpha value is -2.56. The fourth-order valence-corrected chi connectivity index (χ4v) is 2.69. The van der Waals surface area contributed by atoms with Crippen LogP contribution in [0.15, 0.2) is 66.7 Å². The maximum atomic E-state index is 10.1. The first-order valence-corrected chi connectivity index (χ1v) is 8.55. The Morgan fingerprint density at radius 3 is 2.52 bits per heavy atom. The second-order valence-corrected chi connectivity index (χ2v) is 6.17. The minimum Gasteiger partial charge on any atom is -0.491 e. The van der Waals surface area contributed by atoms with E-state index in [1.54, 1.807) is 0 Å². The Balaban J connectivity index is 1.38. The predicted octanol–water partition coefficient (Wildman–Crippen LogP) is 2.99. The van der Waals surface area contributed by atoms with Gasteiger partial charge in [0.05, 0.1) is 0 Å². The first kappa shape index (κ1) is 17.3. The van der Waals surface area contributed by atoms with Crippen LogP contribution in [-0.2, 0) is 6.42 Å². The summed E-state index contributed by atoms with van der Waals surface area (Å²) in [6, 6.07) is 22.0. The smallest absolute Gasteiger partial charge is 0.120 e. The summed E-state index contributed by atoms with van der Waals surface area (Å²) >= 11 is 0. The van der Waals surface area contributed by atoms with Gasteiger partial charge in [-0.05, 0) is 53.6 Å². The van der Waals surface area contributed by atoms with Gasteiger partial charge >= 0.3 is 0 Å². The largest absolute Gasteiger partial charge is 0.491 e. The van der Waals surface area contributed by atoms with Crippen molar-refractivity contribution in [2.75, 3.05) is 25.4 Å². The number of rotatable bonds is 8. The van der Waals surface area contributed by atoms with Crippen LogP contribution in [0.2, 0.25) is 0 Å². The third-order valence-corrected chi connectivity index (χ3v) is 4.11. The number of fused-ring (bicyclic) bond motifs is 1. The highest BCUT2D eigenvalue weighted by Gasteiger charge is 2.05. The van der Waals surface area contributed by atoms with Crippen LogP contribution in [0.25, 0.3) is 10.8 Å². The number of hydrogen-bond acceptors (Lipinski definition) is 4. The topological polar surface area (TPSA) is 67.5 Å². The van der Waals surface area contributed by atoms with Crippen LogP contribution in [0.1, 0.15) is 5.56 Å². The van der Waals surface area contributed by atoms with Crippen molar-refractivity contribution in [3.05, 3.63) is 72.3 Å². The van der Waals surface area contributed by atoms with Crippen LogP contribution in [0.5, 0.6) is 5.75 Å². The summed E-state index contributed by atoms with van der Waals surface area (Å²) in [5, 5.41) is 15.6. The Labute approximate surface area is 148 Å². The third kappa shape index (κ3) is 5.21. The van der Waals surface area contributed by atoms with Gasteiger partial charge in [-0.3, -0.25) is 0 Å². The van der Waals surface area contributed by atoms with E-state index in [4.69, 9.17) is 10.5 Å².